The summed E-state index contributed by atoms with van der Waals surface area (Å²) in [5, 5.41) is 27.5. The van der Waals surface area contributed by atoms with E-state index in [4.69, 9.17) is 16.3 Å². The minimum Gasteiger partial charge on any atom is -0.476 e. The fourth-order valence-electron chi connectivity index (χ4n) is 1.80. The fraction of sp³-hybridized carbons (Fsp3) is 0.167. The molecule has 2 aromatic rings. The number of hydrogen-bond donors (Lipinski definition) is 1. The molecule has 0 unspecified atom stereocenters. The van der Waals surface area contributed by atoms with Crippen LogP contribution in [0.1, 0.15) is 27.9 Å². The van der Waals surface area contributed by atoms with Gasteiger partial charge >= 0.3 is 11.9 Å². The Morgan fingerprint density at radius 1 is 1.48 bits per heavy atom. The zero-order valence-corrected chi connectivity index (χ0v) is 12.4. The highest BCUT2D eigenvalue weighted by atomic mass is 35.5. The highest BCUT2D eigenvalue weighted by Crippen LogP contribution is 2.27. The molecule has 1 aromatic carbocycles. The standard InChI is InChI=1S/C12H9ClN4O6/c1-2-23-12(20)9-10(11(18)19)16(15-14-9)7-4-3-6(13)5-8(7)17(21)22/h3-5H,2H2,1H3,(H,18,19). The van der Waals surface area contributed by atoms with Gasteiger partial charge in [0.1, 0.15) is 5.69 Å². The normalized spacial score (nSPS) is 10.3. The minimum atomic E-state index is -1.54. The second-order valence-corrected chi connectivity index (χ2v) is 4.55. The number of rotatable bonds is 5. The lowest BCUT2D eigenvalue weighted by Crippen LogP contribution is -2.15. The molecule has 0 aliphatic rings. The highest BCUT2D eigenvalue weighted by molar-refractivity contribution is 6.30. The Morgan fingerprint density at radius 2 is 2.17 bits per heavy atom. The van der Waals surface area contributed by atoms with E-state index in [0.29, 0.717) is 4.68 Å². The van der Waals surface area contributed by atoms with Crippen molar-refractivity contribution >= 4 is 29.2 Å². The number of nitro groups is 1. The molecule has 0 spiro atoms. The van der Waals surface area contributed by atoms with Crippen molar-refractivity contribution in [1.82, 2.24) is 15.0 Å². The number of nitrogens with zero attached hydrogens (tertiary/aromatic N) is 4. The predicted octanol–water partition coefficient (Wildman–Crippen LogP) is 1.70. The molecular formula is C12H9ClN4O6. The molecule has 0 saturated carbocycles. The summed E-state index contributed by atoms with van der Waals surface area (Å²) < 4.78 is 5.38. The summed E-state index contributed by atoms with van der Waals surface area (Å²) >= 11 is 5.71. The van der Waals surface area contributed by atoms with Crippen LogP contribution in [0.25, 0.3) is 5.69 Å². The molecule has 2 rings (SSSR count). The summed E-state index contributed by atoms with van der Waals surface area (Å²) in [7, 11) is 0. The van der Waals surface area contributed by atoms with Gasteiger partial charge in [0.05, 0.1) is 11.5 Å². The zero-order chi connectivity index (χ0) is 17.1. The average molecular weight is 341 g/mol. The van der Waals surface area contributed by atoms with Gasteiger partial charge in [-0.1, -0.05) is 16.8 Å². The number of aromatic nitrogens is 3. The van der Waals surface area contributed by atoms with Crippen molar-refractivity contribution in [3.63, 3.8) is 0 Å². The number of aromatic carboxylic acids is 1. The van der Waals surface area contributed by atoms with E-state index in [9.17, 15) is 24.8 Å². The Labute approximate surface area is 133 Å². The quantitative estimate of drug-likeness (QED) is 0.493. The van der Waals surface area contributed by atoms with Crippen LogP contribution in [0.5, 0.6) is 0 Å². The summed E-state index contributed by atoms with van der Waals surface area (Å²) in [5.74, 6) is -2.53. The van der Waals surface area contributed by atoms with Crippen LogP contribution in [0, 0.1) is 10.1 Å². The van der Waals surface area contributed by atoms with Crippen LogP contribution in [-0.2, 0) is 4.74 Å². The molecule has 0 radical (unpaired) electrons. The fourth-order valence-corrected chi connectivity index (χ4v) is 1.97. The number of benzene rings is 1. The molecule has 23 heavy (non-hydrogen) atoms. The summed E-state index contributed by atoms with van der Waals surface area (Å²) in [5.41, 5.74) is -1.88. The lowest BCUT2D eigenvalue weighted by atomic mass is 10.2. The van der Waals surface area contributed by atoms with Gasteiger partial charge in [0.25, 0.3) is 5.69 Å². The lowest BCUT2D eigenvalue weighted by molar-refractivity contribution is -0.384. The van der Waals surface area contributed by atoms with Gasteiger partial charge in [0.2, 0.25) is 5.69 Å². The highest BCUT2D eigenvalue weighted by Gasteiger charge is 2.29. The number of nitro benzene ring substituents is 1. The van der Waals surface area contributed by atoms with Crippen LogP contribution in [-0.4, -0.2) is 43.6 Å². The van der Waals surface area contributed by atoms with Gasteiger partial charge in [0, 0.05) is 11.1 Å². The molecule has 0 aliphatic heterocycles. The molecule has 11 heteroatoms. The first kappa shape index (κ1) is 16.4. The van der Waals surface area contributed by atoms with E-state index in [1.54, 1.807) is 0 Å². The molecule has 120 valence electrons. The van der Waals surface area contributed by atoms with Crippen LogP contribution in [0.4, 0.5) is 5.69 Å². The first-order valence-electron chi connectivity index (χ1n) is 6.17. The largest absolute Gasteiger partial charge is 0.476 e. The summed E-state index contributed by atoms with van der Waals surface area (Å²) in [6.07, 6.45) is 0. The van der Waals surface area contributed by atoms with Gasteiger partial charge < -0.3 is 9.84 Å². The Bertz CT molecular complexity index is 803. The van der Waals surface area contributed by atoms with E-state index in [-0.39, 0.29) is 17.3 Å². The van der Waals surface area contributed by atoms with E-state index in [1.807, 2.05) is 0 Å². The molecule has 0 atom stereocenters. The Kier molecular flexibility index (Phi) is 4.55. The maximum Gasteiger partial charge on any atom is 0.361 e. The van der Waals surface area contributed by atoms with Gasteiger partial charge in [-0.3, -0.25) is 10.1 Å². The third-order valence-corrected chi connectivity index (χ3v) is 2.94. The van der Waals surface area contributed by atoms with E-state index >= 15 is 0 Å². The van der Waals surface area contributed by atoms with Crippen LogP contribution < -0.4 is 0 Å². The number of carbonyl (C=O) groups excluding carboxylic acids is 1. The van der Waals surface area contributed by atoms with Crippen LogP contribution in [0.2, 0.25) is 5.02 Å². The summed E-state index contributed by atoms with van der Waals surface area (Å²) in [4.78, 5) is 33.5. The first-order chi connectivity index (χ1) is 10.9. The second kappa shape index (κ2) is 6.40. The second-order valence-electron chi connectivity index (χ2n) is 4.11. The predicted molar refractivity (Wildman–Crippen MR) is 75.9 cm³/mol. The monoisotopic (exact) mass is 340 g/mol. The maximum absolute atomic E-state index is 11.7. The van der Waals surface area contributed by atoms with Crippen molar-refractivity contribution in [2.75, 3.05) is 6.61 Å². The average Bonchev–Trinajstić information content (AvgIpc) is 2.92. The summed E-state index contributed by atoms with van der Waals surface area (Å²) in [6.45, 7) is 1.54. The molecule has 10 nitrogen and oxygen atoms in total. The molecule has 0 bridgehead atoms. The summed E-state index contributed by atoms with van der Waals surface area (Å²) in [6, 6.07) is 3.56. The maximum atomic E-state index is 11.7. The van der Waals surface area contributed by atoms with Gasteiger partial charge in [-0.05, 0) is 19.1 Å². The zero-order valence-electron chi connectivity index (χ0n) is 11.6. The van der Waals surface area contributed by atoms with E-state index in [1.165, 1.54) is 19.1 Å². The van der Waals surface area contributed by atoms with Crippen LogP contribution >= 0.6 is 11.6 Å². The molecule has 1 aromatic heterocycles. The van der Waals surface area contributed by atoms with Crippen molar-refractivity contribution in [3.8, 4) is 5.69 Å². The molecule has 1 heterocycles. The van der Waals surface area contributed by atoms with E-state index in [0.717, 1.165) is 6.07 Å². The first-order valence-corrected chi connectivity index (χ1v) is 6.55. The van der Waals surface area contributed by atoms with Crippen molar-refractivity contribution < 1.29 is 24.4 Å². The number of hydrogen-bond acceptors (Lipinski definition) is 7. The van der Waals surface area contributed by atoms with E-state index < -0.39 is 33.9 Å². The number of carbonyl (C=O) groups is 2. The van der Waals surface area contributed by atoms with Crippen molar-refractivity contribution in [1.29, 1.82) is 0 Å². The van der Waals surface area contributed by atoms with Gasteiger partial charge in [0.15, 0.2) is 5.69 Å². The molecule has 0 fully saturated rings. The Hall–Kier alpha value is -3.01. The van der Waals surface area contributed by atoms with Crippen LogP contribution in [0.3, 0.4) is 0 Å². The van der Waals surface area contributed by atoms with Gasteiger partial charge in [-0.2, -0.15) is 4.68 Å². The lowest BCUT2D eigenvalue weighted by Gasteiger charge is -2.05. The minimum absolute atomic E-state index is 0.00580. The number of esters is 1. The molecular weight excluding hydrogens is 332 g/mol. The Balaban J connectivity index is 2.68. The molecule has 0 amide bonds. The number of carboxylic acid groups (broad SMARTS) is 1. The molecule has 0 saturated heterocycles. The van der Waals surface area contributed by atoms with Crippen molar-refractivity contribution in [2.45, 2.75) is 6.92 Å². The topological polar surface area (TPSA) is 137 Å². The van der Waals surface area contributed by atoms with Gasteiger partial charge in [-0.25, -0.2) is 9.59 Å². The molecule has 1 N–H and O–H groups in total. The van der Waals surface area contributed by atoms with Crippen LogP contribution in [0.15, 0.2) is 18.2 Å². The van der Waals surface area contributed by atoms with E-state index in [2.05, 4.69) is 10.3 Å². The number of carboxylic acids is 1. The smallest absolute Gasteiger partial charge is 0.361 e. The van der Waals surface area contributed by atoms with Crippen molar-refractivity contribution in [2.24, 2.45) is 0 Å². The van der Waals surface area contributed by atoms with Gasteiger partial charge in [-0.15, -0.1) is 5.10 Å². The van der Waals surface area contributed by atoms with Crippen molar-refractivity contribution in [3.05, 3.63) is 44.7 Å². The third kappa shape index (κ3) is 3.11. The number of halogens is 1. The molecule has 0 aliphatic carbocycles. The third-order valence-electron chi connectivity index (χ3n) is 2.70. The SMILES string of the molecule is CCOC(=O)c1nnn(-c2ccc(Cl)cc2[N+](=O)[O-])c1C(=O)O. The Morgan fingerprint density at radius 3 is 2.74 bits per heavy atom. The number of ether oxygens (including phenoxy) is 1.